The van der Waals surface area contributed by atoms with E-state index in [1.165, 1.54) is 7.11 Å². The van der Waals surface area contributed by atoms with Gasteiger partial charge in [0.15, 0.2) is 0 Å². The van der Waals surface area contributed by atoms with Gasteiger partial charge in [-0.15, -0.1) is 0 Å². The van der Waals surface area contributed by atoms with Crippen molar-refractivity contribution >= 4 is 21.6 Å². The molecule has 14 heavy (non-hydrogen) atoms. The number of aromatic nitrogens is 1. The molecule has 0 saturated heterocycles. The molecule has 1 heterocycles. The number of halogens is 3. The fourth-order valence-electron chi connectivity index (χ4n) is 1.00. The summed E-state index contributed by atoms with van der Waals surface area (Å²) in [6.07, 6.45) is -2.64. The van der Waals surface area contributed by atoms with Crippen LogP contribution in [0.4, 0.5) is 14.5 Å². The predicted octanol–water partition coefficient (Wildman–Crippen LogP) is 2.50. The van der Waals surface area contributed by atoms with E-state index in [2.05, 4.69) is 20.9 Å². The van der Waals surface area contributed by atoms with Gasteiger partial charge in [-0.25, -0.2) is 13.8 Å². The molecule has 0 saturated carbocycles. The van der Waals surface area contributed by atoms with Crippen molar-refractivity contribution in [2.75, 3.05) is 12.8 Å². The van der Waals surface area contributed by atoms with Gasteiger partial charge in [0.25, 0.3) is 6.43 Å². The lowest BCUT2D eigenvalue weighted by Gasteiger charge is -2.10. The van der Waals surface area contributed by atoms with Crippen LogP contribution in [0.1, 0.15) is 17.7 Å². The van der Waals surface area contributed by atoms with Gasteiger partial charge >= 0.3 is 0 Å². The SMILES string of the molecule is COc1nc(C(F)F)cc(N)c1CBr. The molecule has 1 aromatic rings. The monoisotopic (exact) mass is 266 g/mol. The van der Waals surface area contributed by atoms with Crippen LogP contribution in [0.15, 0.2) is 6.07 Å². The Balaban J connectivity index is 3.24. The molecule has 1 rings (SSSR count). The van der Waals surface area contributed by atoms with Gasteiger partial charge in [0.2, 0.25) is 5.88 Å². The van der Waals surface area contributed by atoms with E-state index < -0.39 is 6.43 Å². The maximum absolute atomic E-state index is 12.3. The second-order valence-electron chi connectivity index (χ2n) is 2.56. The third-order valence-corrected chi connectivity index (χ3v) is 2.25. The van der Waals surface area contributed by atoms with E-state index in [4.69, 9.17) is 10.5 Å². The predicted molar refractivity (Wildman–Crippen MR) is 52.8 cm³/mol. The fourth-order valence-corrected chi connectivity index (χ4v) is 1.57. The van der Waals surface area contributed by atoms with Crippen LogP contribution >= 0.6 is 15.9 Å². The average molecular weight is 267 g/mol. The lowest BCUT2D eigenvalue weighted by molar-refractivity contribution is 0.145. The van der Waals surface area contributed by atoms with Crippen LogP contribution in [0.25, 0.3) is 0 Å². The standard InChI is InChI=1S/C8H9BrF2N2O/c1-14-8-4(3-9)5(12)2-6(13-8)7(10)11/h2,7H,3H2,1H3,(H2,12,13). The molecule has 0 aliphatic carbocycles. The highest BCUT2D eigenvalue weighted by Crippen LogP contribution is 2.29. The van der Waals surface area contributed by atoms with Crippen molar-refractivity contribution in [3.8, 4) is 5.88 Å². The van der Waals surface area contributed by atoms with E-state index in [0.29, 0.717) is 10.9 Å². The zero-order chi connectivity index (χ0) is 10.7. The molecule has 0 aliphatic rings. The van der Waals surface area contributed by atoms with Crippen molar-refractivity contribution in [1.29, 1.82) is 0 Å². The van der Waals surface area contributed by atoms with Crippen molar-refractivity contribution < 1.29 is 13.5 Å². The second-order valence-corrected chi connectivity index (χ2v) is 3.12. The molecule has 0 atom stereocenters. The lowest BCUT2D eigenvalue weighted by atomic mass is 10.2. The van der Waals surface area contributed by atoms with Gasteiger partial charge in [-0.2, -0.15) is 0 Å². The maximum Gasteiger partial charge on any atom is 0.280 e. The van der Waals surface area contributed by atoms with E-state index in [-0.39, 0.29) is 17.3 Å². The van der Waals surface area contributed by atoms with Crippen LogP contribution in [-0.4, -0.2) is 12.1 Å². The molecule has 2 N–H and O–H groups in total. The van der Waals surface area contributed by atoms with Crippen LogP contribution in [0.2, 0.25) is 0 Å². The first kappa shape index (κ1) is 11.2. The molecule has 0 fully saturated rings. The Hall–Kier alpha value is -0.910. The van der Waals surface area contributed by atoms with Gasteiger partial charge in [-0.1, -0.05) is 15.9 Å². The zero-order valence-corrected chi connectivity index (χ0v) is 9.01. The highest BCUT2D eigenvalue weighted by atomic mass is 79.9. The van der Waals surface area contributed by atoms with Crippen LogP contribution < -0.4 is 10.5 Å². The first-order valence-corrected chi connectivity index (χ1v) is 4.89. The molecule has 1 aromatic heterocycles. The summed E-state index contributed by atoms with van der Waals surface area (Å²) < 4.78 is 29.5. The molecule has 3 nitrogen and oxygen atoms in total. The Bertz CT molecular complexity index is 333. The third kappa shape index (κ3) is 2.12. The molecule has 0 radical (unpaired) electrons. The Kier molecular flexibility index (Phi) is 3.62. The number of pyridine rings is 1. The van der Waals surface area contributed by atoms with E-state index in [1.54, 1.807) is 0 Å². The molecule has 0 aromatic carbocycles. The van der Waals surface area contributed by atoms with Crippen LogP contribution in [0, 0.1) is 0 Å². The number of rotatable bonds is 3. The number of methoxy groups -OCH3 is 1. The highest BCUT2D eigenvalue weighted by Gasteiger charge is 2.15. The van der Waals surface area contributed by atoms with E-state index in [0.717, 1.165) is 6.07 Å². The Morgan fingerprint density at radius 3 is 2.71 bits per heavy atom. The van der Waals surface area contributed by atoms with Crippen molar-refractivity contribution in [2.45, 2.75) is 11.8 Å². The summed E-state index contributed by atoms with van der Waals surface area (Å²) >= 11 is 3.17. The van der Waals surface area contributed by atoms with E-state index in [1.807, 2.05) is 0 Å². The number of alkyl halides is 3. The van der Waals surface area contributed by atoms with Crippen LogP contribution in [0.3, 0.4) is 0 Å². The molecular formula is C8H9BrF2N2O. The number of nitrogen functional groups attached to an aromatic ring is 1. The summed E-state index contributed by atoms with van der Waals surface area (Å²) in [5.41, 5.74) is 6.03. The minimum absolute atomic E-state index is 0.136. The lowest BCUT2D eigenvalue weighted by Crippen LogP contribution is -2.02. The molecule has 0 bridgehead atoms. The average Bonchev–Trinajstić information content (AvgIpc) is 2.16. The molecule has 0 amide bonds. The first-order valence-electron chi connectivity index (χ1n) is 3.77. The maximum atomic E-state index is 12.3. The summed E-state index contributed by atoms with van der Waals surface area (Å²) in [4.78, 5) is 3.64. The highest BCUT2D eigenvalue weighted by molar-refractivity contribution is 9.08. The van der Waals surface area contributed by atoms with Gasteiger partial charge in [0, 0.05) is 16.6 Å². The summed E-state index contributed by atoms with van der Waals surface area (Å²) in [7, 11) is 1.36. The van der Waals surface area contributed by atoms with Crippen LogP contribution in [-0.2, 0) is 5.33 Å². The number of nitrogens with zero attached hydrogens (tertiary/aromatic N) is 1. The quantitative estimate of drug-likeness (QED) is 0.856. The largest absolute Gasteiger partial charge is 0.481 e. The number of ether oxygens (including phenoxy) is 1. The van der Waals surface area contributed by atoms with Gasteiger partial charge in [0.05, 0.1) is 7.11 Å². The minimum atomic E-state index is -2.64. The van der Waals surface area contributed by atoms with Gasteiger partial charge in [-0.05, 0) is 6.07 Å². The molecule has 0 aliphatic heterocycles. The molecule has 6 heteroatoms. The Labute approximate surface area is 88.4 Å². The summed E-state index contributed by atoms with van der Waals surface area (Å²) in [5.74, 6) is 0.136. The molecule has 0 spiro atoms. The van der Waals surface area contributed by atoms with E-state index >= 15 is 0 Å². The summed E-state index contributed by atoms with van der Waals surface area (Å²) in [6, 6.07) is 1.16. The molecule has 78 valence electrons. The van der Waals surface area contributed by atoms with Crippen molar-refractivity contribution in [3.05, 3.63) is 17.3 Å². The fraction of sp³-hybridized carbons (Fsp3) is 0.375. The van der Waals surface area contributed by atoms with Crippen molar-refractivity contribution in [1.82, 2.24) is 4.98 Å². The van der Waals surface area contributed by atoms with Crippen molar-refractivity contribution in [3.63, 3.8) is 0 Å². The Morgan fingerprint density at radius 2 is 2.29 bits per heavy atom. The summed E-state index contributed by atoms with van der Waals surface area (Å²) in [6.45, 7) is 0. The minimum Gasteiger partial charge on any atom is -0.481 e. The number of hydrogen-bond donors (Lipinski definition) is 1. The van der Waals surface area contributed by atoms with Crippen molar-refractivity contribution in [2.24, 2.45) is 0 Å². The van der Waals surface area contributed by atoms with Crippen LogP contribution in [0.5, 0.6) is 5.88 Å². The van der Waals surface area contributed by atoms with E-state index in [9.17, 15) is 8.78 Å². The number of anilines is 1. The van der Waals surface area contributed by atoms with Gasteiger partial charge in [0.1, 0.15) is 5.69 Å². The third-order valence-electron chi connectivity index (χ3n) is 1.69. The van der Waals surface area contributed by atoms with Gasteiger partial charge < -0.3 is 10.5 Å². The molecule has 0 unspecified atom stereocenters. The first-order chi connectivity index (χ1) is 6.60. The topological polar surface area (TPSA) is 48.1 Å². The summed E-state index contributed by atoms with van der Waals surface area (Å²) in [5, 5.41) is 0.415. The number of nitrogens with two attached hydrogens (primary N) is 1. The Morgan fingerprint density at radius 1 is 1.64 bits per heavy atom. The normalized spacial score (nSPS) is 10.6. The second kappa shape index (κ2) is 4.54. The number of hydrogen-bond acceptors (Lipinski definition) is 3. The zero-order valence-electron chi connectivity index (χ0n) is 7.43. The molecular weight excluding hydrogens is 258 g/mol. The smallest absolute Gasteiger partial charge is 0.280 e. The van der Waals surface area contributed by atoms with Gasteiger partial charge in [-0.3, -0.25) is 0 Å².